The number of benzene rings is 2. The Morgan fingerprint density at radius 3 is 2.44 bits per heavy atom. The summed E-state index contributed by atoms with van der Waals surface area (Å²) in [6.07, 6.45) is -4.40. The van der Waals surface area contributed by atoms with E-state index < -0.39 is 17.7 Å². The standard InChI is InChI=1S/C19H18F3NO4/c1-13(15-6-8-17(9-7-15)26-12-18(24)25-2)23-27-11-14-4-3-5-16(10-14)19(20,21)22/h3-10H,11-12H2,1-2H3. The van der Waals surface area contributed by atoms with E-state index in [4.69, 9.17) is 9.57 Å². The minimum absolute atomic E-state index is 0.0818. The van der Waals surface area contributed by atoms with E-state index in [-0.39, 0.29) is 13.2 Å². The van der Waals surface area contributed by atoms with Gasteiger partial charge in [-0.2, -0.15) is 13.2 Å². The quantitative estimate of drug-likeness (QED) is 0.410. The van der Waals surface area contributed by atoms with Gasteiger partial charge in [-0.15, -0.1) is 0 Å². The van der Waals surface area contributed by atoms with Crippen molar-refractivity contribution in [1.82, 2.24) is 0 Å². The Labute approximate surface area is 154 Å². The number of carbonyl (C=O) groups is 1. The lowest BCUT2D eigenvalue weighted by atomic mass is 10.1. The average Bonchev–Trinajstić information content (AvgIpc) is 2.66. The van der Waals surface area contributed by atoms with Crippen molar-refractivity contribution in [2.24, 2.45) is 5.16 Å². The number of hydrogen-bond acceptors (Lipinski definition) is 5. The number of halogens is 3. The van der Waals surface area contributed by atoms with Crippen LogP contribution >= 0.6 is 0 Å². The van der Waals surface area contributed by atoms with Crippen molar-refractivity contribution in [1.29, 1.82) is 0 Å². The number of hydrogen-bond donors (Lipinski definition) is 0. The van der Waals surface area contributed by atoms with Crippen LogP contribution in [-0.2, 0) is 27.2 Å². The number of oxime groups is 1. The Morgan fingerprint density at radius 2 is 1.81 bits per heavy atom. The lowest BCUT2D eigenvalue weighted by molar-refractivity contribution is -0.143. The van der Waals surface area contributed by atoms with Crippen molar-refractivity contribution in [2.45, 2.75) is 19.7 Å². The molecular weight excluding hydrogens is 363 g/mol. The molecule has 0 aliphatic carbocycles. The van der Waals surface area contributed by atoms with Crippen LogP contribution in [0.4, 0.5) is 13.2 Å². The molecule has 5 nitrogen and oxygen atoms in total. The third-order valence-corrected chi connectivity index (χ3v) is 3.54. The molecule has 0 atom stereocenters. The van der Waals surface area contributed by atoms with Gasteiger partial charge in [-0.3, -0.25) is 0 Å². The first-order valence-corrected chi connectivity index (χ1v) is 7.92. The van der Waals surface area contributed by atoms with E-state index in [1.807, 2.05) is 0 Å². The first-order valence-electron chi connectivity index (χ1n) is 7.92. The van der Waals surface area contributed by atoms with Crippen molar-refractivity contribution >= 4 is 11.7 Å². The topological polar surface area (TPSA) is 57.1 Å². The maximum absolute atomic E-state index is 12.7. The summed E-state index contributed by atoms with van der Waals surface area (Å²) in [6.45, 7) is 1.43. The van der Waals surface area contributed by atoms with Crippen LogP contribution in [0.3, 0.4) is 0 Å². The van der Waals surface area contributed by atoms with E-state index in [0.29, 0.717) is 17.0 Å². The van der Waals surface area contributed by atoms with Crippen LogP contribution in [0.2, 0.25) is 0 Å². The molecule has 0 fully saturated rings. The Balaban J connectivity index is 1.93. The van der Waals surface area contributed by atoms with E-state index in [1.165, 1.54) is 19.2 Å². The fourth-order valence-electron chi connectivity index (χ4n) is 2.09. The molecule has 0 saturated heterocycles. The average molecular weight is 381 g/mol. The highest BCUT2D eigenvalue weighted by molar-refractivity contribution is 5.98. The van der Waals surface area contributed by atoms with Crippen molar-refractivity contribution < 1.29 is 32.3 Å². The van der Waals surface area contributed by atoms with E-state index in [0.717, 1.165) is 17.7 Å². The van der Waals surface area contributed by atoms with Gasteiger partial charge in [0.2, 0.25) is 0 Å². The highest BCUT2D eigenvalue weighted by Crippen LogP contribution is 2.29. The van der Waals surface area contributed by atoms with Gasteiger partial charge < -0.3 is 14.3 Å². The number of alkyl halides is 3. The number of ether oxygens (including phenoxy) is 2. The van der Waals surface area contributed by atoms with E-state index in [1.54, 1.807) is 31.2 Å². The maximum Gasteiger partial charge on any atom is 0.416 e. The van der Waals surface area contributed by atoms with Crippen LogP contribution in [0.15, 0.2) is 53.7 Å². The summed E-state index contributed by atoms with van der Waals surface area (Å²) in [7, 11) is 1.27. The highest BCUT2D eigenvalue weighted by Gasteiger charge is 2.30. The summed E-state index contributed by atoms with van der Waals surface area (Å²) >= 11 is 0. The zero-order valence-corrected chi connectivity index (χ0v) is 14.7. The van der Waals surface area contributed by atoms with Crippen LogP contribution in [-0.4, -0.2) is 25.4 Å². The molecule has 0 unspecified atom stereocenters. The van der Waals surface area contributed by atoms with Crippen LogP contribution in [0, 0.1) is 0 Å². The number of esters is 1. The van der Waals surface area contributed by atoms with Crippen LogP contribution in [0.25, 0.3) is 0 Å². The number of rotatable bonds is 7. The third kappa shape index (κ3) is 6.32. The second-order valence-electron chi connectivity index (χ2n) is 5.54. The van der Waals surface area contributed by atoms with Gasteiger partial charge in [-0.05, 0) is 54.4 Å². The molecule has 0 bridgehead atoms. The zero-order valence-electron chi connectivity index (χ0n) is 14.7. The first-order chi connectivity index (χ1) is 12.8. The fraction of sp³-hybridized carbons (Fsp3) is 0.263. The fourth-order valence-corrected chi connectivity index (χ4v) is 2.09. The van der Waals surface area contributed by atoms with Crippen molar-refractivity contribution in [2.75, 3.05) is 13.7 Å². The lowest BCUT2D eigenvalue weighted by Gasteiger charge is -2.08. The van der Waals surface area contributed by atoms with Gasteiger partial charge in [-0.1, -0.05) is 17.3 Å². The van der Waals surface area contributed by atoms with Crippen molar-refractivity contribution in [3.05, 3.63) is 65.2 Å². The Bertz CT molecular complexity index is 801. The minimum Gasteiger partial charge on any atom is -0.482 e. The summed E-state index contributed by atoms with van der Waals surface area (Å²) in [6, 6.07) is 11.6. The normalized spacial score (nSPS) is 11.8. The van der Waals surface area contributed by atoms with Gasteiger partial charge in [0.05, 0.1) is 18.4 Å². The van der Waals surface area contributed by atoms with Crippen LogP contribution in [0.5, 0.6) is 5.75 Å². The molecule has 0 radical (unpaired) electrons. The second-order valence-corrected chi connectivity index (χ2v) is 5.54. The lowest BCUT2D eigenvalue weighted by Crippen LogP contribution is -2.12. The molecule has 8 heteroatoms. The van der Waals surface area contributed by atoms with Crippen LogP contribution in [0.1, 0.15) is 23.6 Å². The van der Waals surface area contributed by atoms with Gasteiger partial charge in [0.1, 0.15) is 12.4 Å². The molecule has 144 valence electrons. The number of nitrogens with zero attached hydrogens (tertiary/aromatic N) is 1. The largest absolute Gasteiger partial charge is 0.482 e. The van der Waals surface area contributed by atoms with Gasteiger partial charge in [0.25, 0.3) is 0 Å². The maximum atomic E-state index is 12.7. The third-order valence-electron chi connectivity index (χ3n) is 3.54. The van der Waals surface area contributed by atoms with Gasteiger partial charge in [0.15, 0.2) is 6.61 Å². The molecule has 0 aliphatic heterocycles. The SMILES string of the molecule is COC(=O)COc1ccc(C(C)=NOCc2cccc(C(F)(F)F)c2)cc1. The van der Waals surface area contributed by atoms with Crippen LogP contribution < -0.4 is 4.74 Å². The second kappa shape index (κ2) is 9.07. The molecule has 2 aromatic carbocycles. The molecular formula is C19H18F3NO4. The van der Waals surface area contributed by atoms with E-state index >= 15 is 0 Å². The molecule has 0 aliphatic rings. The highest BCUT2D eigenvalue weighted by atomic mass is 19.4. The molecule has 2 rings (SSSR count). The Morgan fingerprint density at radius 1 is 1.11 bits per heavy atom. The molecule has 0 spiro atoms. The van der Waals surface area contributed by atoms with Gasteiger partial charge in [0, 0.05) is 0 Å². The van der Waals surface area contributed by atoms with Gasteiger partial charge >= 0.3 is 12.1 Å². The van der Waals surface area contributed by atoms with E-state index in [9.17, 15) is 18.0 Å². The molecule has 0 saturated carbocycles. The first kappa shape index (κ1) is 20.3. The molecule has 0 aromatic heterocycles. The predicted molar refractivity (Wildman–Crippen MR) is 92.4 cm³/mol. The number of carbonyl (C=O) groups excluding carboxylic acids is 1. The molecule has 0 amide bonds. The van der Waals surface area contributed by atoms with E-state index in [2.05, 4.69) is 9.89 Å². The molecule has 0 heterocycles. The zero-order chi connectivity index (χ0) is 19.9. The molecule has 2 aromatic rings. The van der Waals surface area contributed by atoms with Crippen molar-refractivity contribution in [3.63, 3.8) is 0 Å². The number of methoxy groups -OCH3 is 1. The summed E-state index contributed by atoms with van der Waals surface area (Å²) < 4.78 is 47.8. The predicted octanol–water partition coefficient (Wildman–Crippen LogP) is 4.20. The summed E-state index contributed by atoms with van der Waals surface area (Å²) in [4.78, 5) is 16.2. The Hall–Kier alpha value is -3.03. The Kier molecular flexibility index (Phi) is 6.81. The summed E-state index contributed by atoms with van der Waals surface area (Å²) in [5.41, 5.74) is 0.922. The monoisotopic (exact) mass is 381 g/mol. The molecule has 27 heavy (non-hydrogen) atoms. The minimum atomic E-state index is -4.40. The summed E-state index contributed by atoms with van der Waals surface area (Å²) in [5.74, 6) is 0.00152. The molecule has 0 N–H and O–H groups in total. The van der Waals surface area contributed by atoms with Gasteiger partial charge in [-0.25, -0.2) is 4.79 Å². The smallest absolute Gasteiger partial charge is 0.416 e. The summed E-state index contributed by atoms with van der Waals surface area (Å²) in [5, 5.41) is 3.92. The van der Waals surface area contributed by atoms with Crippen molar-refractivity contribution in [3.8, 4) is 5.75 Å².